The van der Waals surface area contributed by atoms with E-state index in [9.17, 15) is 0 Å². The molecular weight excluding hydrogens is 396 g/mol. The van der Waals surface area contributed by atoms with E-state index in [1.165, 1.54) is 27.8 Å². The highest BCUT2D eigenvalue weighted by molar-refractivity contribution is 9.15. The van der Waals surface area contributed by atoms with E-state index in [1.807, 2.05) is 12.1 Å². The van der Waals surface area contributed by atoms with Gasteiger partial charge in [0.1, 0.15) is 5.75 Å². The fraction of sp³-hybridized carbons (Fsp3) is 0.120. The molecule has 1 nitrogen and oxygen atoms in total. The maximum atomic E-state index is 5.50. The van der Waals surface area contributed by atoms with Crippen molar-refractivity contribution in [3.63, 3.8) is 0 Å². The lowest BCUT2D eigenvalue weighted by atomic mass is 9.95. The van der Waals surface area contributed by atoms with Gasteiger partial charge in [0.25, 0.3) is 0 Å². The van der Waals surface area contributed by atoms with Crippen LogP contribution in [0, 0.1) is 13.8 Å². The van der Waals surface area contributed by atoms with Crippen molar-refractivity contribution in [1.82, 2.24) is 0 Å². The maximum absolute atomic E-state index is 5.50. The molecule has 136 valence electrons. The molecule has 0 aliphatic carbocycles. The SMILES string of the molecule is C=Cc1cc(C)c(/C=C(\Br)c2cccc(-c3ccccc3)c2C)cc1OC. The average molecular weight is 419 g/mol. The third kappa shape index (κ3) is 4.06. The number of ether oxygens (including phenoxy) is 1. The van der Waals surface area contributed by atoms with Crippen LogP contribution in [0.3, 0.4) is 0 Å². The maximum Gasteiger partial charge on any atom is 0.126 e. The van der Waals surface area contributed by atoms with Crippen molar-refractivity contribution in [1.29, 1.82) is 0 Å². The summed E-state index contributed by atoms with van der Waals surface area (Å²) >= 11 is 3.80. The highest BCUT2D eigenvalue weighted by Gasteiger charge is 2.10. The van der Waals surface area contributed by atoms with Gasteiger partial charge in [0, 0.05) is 10.0 Å². The van der Waals surface area contributed by atoms with Gasteiger partial charge >= 0.3 is 0 Å². The van der Waals surface area contributed by atoms with Gasteiger partial charge in [-0.05, 0) is 65.4 Å². The monoisotopic (exact) mass is 418 g/mol. The molecule has 0 atom stereocenters. The standard InChI is InChI=1S/C25H23BrO/c1-5-19-14-17(2)21(16-25(19)27-4)15-24(26)23-13-9-12-22(18(23)3)20-10-7-6-8-11-20/h5-16H,1H2,2-4H3/b24-15-. The van der Waals surface area contributed by atoms with Crippen LogP contribution in [-0.4, -0.2) is 7.11 Å². The summed E-state index contributed by atoms with van der Waals surface area (Å²) < 4.78 is 6.55. The fourth-order valence-corrected chi connectivity index (χ4v) is 3.93. The minimum absolute atomic E-state index is 0.830. The van der Waals surface area contributed by atoms with Crippen LogP contribution in [0.1, 0.15) is 27.8 Å². The third-order valence-electron chi connectivity index (χ3n) is 4.80. The van der Waals surface area contributed by atoms with Crippen molar-refractivity contribution in [2.45, 2.75) is 13.8 Å². The molecule has 3 aromatic rings. The minimum Gasteiger partial charge on any atom is -0.496 e. The van der Waals surface area contributed by atoms with Crippen LogP contribution in [0.15, 0.2) is 67.2 Å². The van der Waals surface area contributed by atoms with Crippen LogP contribution in [0.4, 0.5) is 0 Å². The number of hydrogen-bond acceptors (Lipinski definition) is 1. The van der Waals surface area contributed by atoms with Crippen LogP contribution in [0.2, 0.25) is 0 Å². The van der Waals surface area contributed by atoms with Gasteiger partial charge in [0.15, 0.2) is 0 Å². The van der Waals surface area contributed by atoms with E-state index in [4.69, 9.17) is 4.74 Å². The van der Waals surface area contributed by atoms with E-state index in [1.54, 1.807) is 7.11 Å². The molecule has 0 amide bonds. The third-order valence-corrected chi connectivity index (χ3v) is 5.45. The van der Waals surface area contributed by atoms with Crippen LogP contribution in [0.5, 0.6) is 5.75 Å². The smallest absolute Gasteiger partial charge is 0.126 e. The molecule has 27 heavy (non-hydrogen) atoms. The van der Waals surface area contributed by atoms with Crippen molar-refractivity contribution >= 4 is 32.6 Å². The highest BCUT2D eigenvalue weighted by Crippen LogP contribution is 2.34. The van der Waals surface area contributed by atoms with Crippen LogP contribution >= 0.6 is 15.9 Å². The van der Waals surface area contributed by atoms with E-state index in [0.717, 1.165) is 21.4 Å². The number of hydrogen-bond donors (Lipinski definition) is 0. The molecular formula is C25H23BrO. The lowest BCUT2D eigenvalue weighted by molar-refractivity contribution is 0.413. The van der Waals surface area contributed by atoms with Gasteiger partial charge in [0.2, 0.25) is 0 Å². The first-order valence-electron chi connectivity index (χ1n) is 8.89. The molecule has 0 N–H and O–H groups in total. The first-order chi connectivity index (χ1) is 13.0. The predicted molar refractivity (Wildman–Crippen MR) is 121 cm³/mol. The average Bonchev–Trinajstić information content (AvgIpc) is 2.69. The van der Waals surface area contributed by atoms with Gasteiger partial charge < -0.3 is 4.74 Å². The molecule has 0 aromatic heterocycles. The number of rotatable bonds is 5. The summed E-state index contributed by atoms with van der Waals surface area (Å²) in [5, 5.41) is 0. The second-order valence-corrected chi connectivity index (χ2v) is 7.35. The second-order valence-electron chi connectivity index (χ2n) is 6.49. The van der Waals surface area contributed by atoms with E-state index in [2.05, 4.69) is 97.0 Å². The van der Waals surface area contributed by atoms with E-state index in [-0.39, 0.29) is 0 Å². The number of aryl methyl sites for hydroxylation is 1. The molecule has 0 aliphatic rings. The Morgan fingerprint density at radius 2 is 1.70 bits per heavy atom. The number of halogens is 1. The zero-order chi connectivity index (χ0) is 19.4. The molecule has 0 bridgehead atoms. The van der Waals surface area contributed by atoms with Crippen molar-refractivity contribution in [3.8, 4) is 16.9 Å². The molecule has 2 heteroatoms. The Balaban J connectivity index is 2.07. The summed E-state index contributed by atoms with van der Waals surface area (Å²) in [6.07, 6.45) is 3.98. The Kier molecular flexibility index (Phi) is 5.98. The number of benzene rings is 3. The highest BCUT2D eigenvalue weighted by atomic mass is 79.9. The molecule has 0 saturated heterocycles. The van der Waals surface area contributed by atoms with Gasteiger partial charge in [-0.25, -0.2) is 0 Å². The first-order valence-corrected chi connectivity index (χ1v) is 9.68. The first kappa shape index (κ1) is 19.2. The Labute approximate surface area is 170 Å². The lowest BCUT2D eigenvalue weighted by Gasteiger charge is -2.13. The molecule has 0 fully saturated rings. The normalized spacial score (nSPS) is 11.3. The molecule has 0 aliphatic heterocycles. The van der Waals surface area contributed by atoms with Crippen LogP contribution in [0.25, 0.3) is 27.8 Å². The summed E-state index contributed by atoms with van der Waals surface area (Å²) in [6.45, 7) is 8.13. The van der Waals surface area contributed by atoms with Crippen LogP contribution in [-0.2, 0) is 0 Å². The summed E-state index contributed by atoms with van der Waals surface area (Å²) in [5.41, 5.74) is 8.21. The molecule has 0 radical (unpaired) electrons. The predicted octanol–water partition coefficient (Wildman–Crippen LogP) is 7.52. The van der Waals surface area contributed by atoms with Gasteiger partial charge in [-0.2, -0.15) is 0 Å². The molecule has 0 spiro atoms. The summed E-state index contributed by atoms with van der Waals surface area (Å²) in [5.74, 6) is 0.830. The van der Waals surface area contributed by atoms with Gasteiger partial charge in [-0.3, -0.25) is 0 Å². The lowest BCUT2D eigenvalue weighted by Crippen LogP contribution is -1.92. The Morgan fingerprint density at radius 1 is 0.963 bits per heavy atom. The largest absolute Gasteiger partial charge is 0.496 e. The van der Waals surface area contributed by atoms with Crippen molar-refractivity contribution < 1.29 is 4.74 Å². The Morgan fingerprint density at radius 3 is 2.37 bits per heavy atom. The zero-order valence-corrected chi connectivity index (χ0v) is 17.5. The second kappa shape index (κ2) is 8.41. The van der Waals surface area contributed by atoms with Crippen LogP contribution < -0.4 is 4.74 Å². The molecule has 3 rings (SSSR count). The fourth-order valence-electron chi connectivity index (χ4n) is 3.26. The molecule has 0 unspecified atom stereocenters. The Bertz CT molecular complexity index is 1000. The van der Waals surface area contributed by atoms with Gasteiger partial charge in [-0.1, -0.05) is 77.1 Å². The quantitative estimate of drug-likeness (QED) is 0.389. The number of methoxy groups -OCH3 is 1. The van der Waals surface area contributed by atoms with Gasteiger partial charge in [-0.15, -0.1) is 0 Å². The van der Waals surface area contributed by atoms with Gasteiger partial charge in [0.05, 0.1) is 7.11 Å². The minimum atomic E-state index is 0.830. The van der Waals surface area contributed by atoms with Crippen molar-refractivity contribution in [2.24, 2.45) is 0 Å². The van der Waals surface area contributed by atoms with E-state index in [0.29, 0.717) is 0 Å². The summed E-state index contributed by atoms with van der Waals surface area (Å²) in [6, 6.07) is 21.1. The van der Waals surface area contributed by atoms with Crippen molar-refractivity contribution in [2.75, 3.05) is 7.11 Å². The van der Waals surface area contributed by atoms with E-state index >= 15 is 0 Å². The summed E-state index contributed by atoms with van der Waals surface area (Å²) in [7, 11) is 1.69. The van der Waals surface area contributed by atoms with Crippen molar-refractivity contribution in [3.05, 3.63) is 95.1 Å². The topological polar surface area (TPSA) is 9.23 Å². The zero-order valence-electron chi connectivity index (χ0n) is 15.9. The Hall–Kier alpha value is -2.58. The molecule has 0 heterocycles. The molecule has 0 saturated carbocycles. The van der Waals surface area contributed by atoms with E-state index < -0.39 is 0 Å². The molecule has 3 aromatic carbocycles. The summed E-state index contributed by atoms with van der Waals surface area (Å²) in [4.78, 5) is 0.